The maximum Gasteiger partial charge on any atom is 0.328 e. The zero-order valence-electron chi connectivity index (χ0n) is 9.59. The lowest BCUT2D eigenvalue weighted by Crippen LogP contribution is -2.43. The number of rotatable bonds is 4. The van der Waals surface area contributed by atoms with Gasteiger partial charge in [0.05, 0.1) is 11.1 Å². The fourth-order valence-electron chi connectivity index (χ4n) is 1.55. The van der Waals surface area contributed by atoms with Crippen LogP contribution in [0.2, 0.25) is 0 Å². The van der Waals surface area contributed by atoms with Crippen molar-refractivity contribution >= 4 is 38.8 Å². The third-order valence-electron chi connectivity index (χ3n) is 2.51. The van der Waals surface area contributed by atoms with Crippen LogP contribution >= 0.6 is 15.9 Å². The Morgan fingerprint density at radius 1 is 1.42 bits per heavy atom. The topological polar surface area (TPSA) is 99.8 Å². The number of carboxylic acids is 1. The largest absolute Gasteiger partial charge is 0.480 e. The molecule has 0 aliphatic rings. The number of benzene rings is 1. The zero-order valence-corrected chi connectivity index (χ0v) is 11.2. The van der Waals surface area contributed by atoms with Gasteiger partial charge in [-0.25, -0.2) is 4.79 Å². The van der Waals surface area contributed by atoms with Crippen molar-refractivity contribution in [1.82, 2.24) is 5.32 Å². The first kappa shape index (κ1) is 13.6. The Morgan fingerprint density at radius 2 is 2.16 bits per heavy atom. The first-order valence-electron chi connectivity index (χ1n) is 5.35. The molecule has 2 aromatic rings. The molecule has 0 radical (unpaired) electrons. The fourth-order valence-corrected chi connectivity index (χ4v) is 2.02. The van der Waals surface area contributed by atoms with Crippen molar-refractivity contribution in [2.45, 2.75) is 6.04 Å². The summed E-state index contributed by atoms with van der Waals surface area (Å²) >= 11 is 3.29. The fraction of sp³-hybridized carbons (Fsp3) is 0.167. The minimum absolute atomic E-state index is 0.0124. The molecule has 2 rings (SSSR count). The van der Waals surface area contributed by atoms with Crippen LogP contribution in [0.5, 0.6) is 0 Å². The maximum atomic E-state index is 11.8. The van der Waals surface area contributed by atoms with E-state index in [4.69, 9.17) is 14.6 Å². The van der Waals surface area contributed by atoms with Gasteiger partial charge < -0.3 is 19.9 Å². The van der Waals surface area contributed by atoms with E-state index in [1.54, 1.807) is 18.2 Å². The number of halogens is 1. The molecule has 0 spiro atoms. The number of fused-ring (bicyclic) bond motifs is 1. The standard InChI is InChI=1S/C12H10BrNO5/c13-7-3-1-2-6-4-9(19-10(6)7)11(16)14-8(5-15)12(17)18/h1-4,8,15H,5H2,(H,14,16)(H,17,18)/t8-/m1/s1. The molecular weight excluding hydrogens is 318 g/mol. The number of aliphatic hydroxyl groups is 1. The first-order valence-corrected chi connectivity index (χ1v) is 6.15. The Hall–Kier alpha value is -1.86. The van der Waals surface area contributed by atoms with E-state index < -0.39 is 24.5 Å². The van der Waals surface area contributed by atoms with E-state index in [0.29, 0.717) is 10.1 Å². The molecule has 1 aromatic carbocycles. The molecular formula is C12H10BrNO5. The summed E-state index contributed by atoms with van der Waals surface area (Å²) in [5.41, 5.74) is 0.503. The minimum Gasteiger partial charge on any atom is -0.480 e. The summed E-state index contributed by atoms with van der Waals surface area (Å²) in [5.74, 6) is -2.01. The molecule has 1 aromatic heterocycles. The second kappa shape index (κ2) is 5.41. The number of carboxylic acid groups (broad SMARTS) is 1. The Bertz CT molecular complexity index is 636. The van der Waals surface area contributed by atoms with E-state index in [-0.39, 0.29) is 5.76 Å². The van der Waals surface area contributed by atoms with Crippen LogP contribution in [0.1, 0.15) is 10.6 Å². The van der Waals surface area contributed by atoms with Crippen LogP contribution in [0.3, 0.4) is 0 Å². The summed E-state index contributed by atoms with van der Waals surface area (Å²) < 4.78 is 6.05. The number of furan rings is 1. The van der Waals surface area contributed by atoms with Gasteiger partial charge in [-0.3, -0.25) is 4.79 Å². The van der Waals surface area contributed by atoms with Crippen molar-refractivity contribution in [3.63, 3.8) is 0 Å². The SMILES string of the molecule is O=C(N[C@H](CO)C(=O)O)c1cc2cccc(Br)c2o1. The van der Waals surface area contributed by atoms with Crippen molar-refractivity contribution in [2.75, 3.05) is 6.61 Å². The number of nitrogens with one attached hydrogen (secondary N) is 1. The van der Waals surface area contributed by atoms with Gasteiger partial charge in [0.25, 0.3) is 5.91 Å². The van der Waals surface area contributed by atoms with E-state index in [9.17, 15) is 9.59 Å². The van der Waals surface area contributed by atoms with Crippen LogP contribution in [0.15, 0.2) is 33.2 Å². The second-order valence-electron chi connectivity index (χ2n) is 3.82. The number of hydrogen-bond donors (Lipinski definition) is 3. The van der Waals surface area contributed by atoms with Crippen molar-refractivity contribution in [2.24, 2.45) is 0 Å². The average molecular weight is 328 g/mol. The monoisotopic (exact) mass is 327 g/mol. The highest BCUT2D eigenvalue weighted by molar-refractivity contribution is 9.10. The van der Waals surface area contributed by atoms with E-state index in [1.807, 2.05) is 0 Å². The lowest BCUT2D eigenvalue weighted by molar-refractivity contribution is -0.140. The van der Waals surface area contributed by atoms with Gasteiger partial charge in [0, 0.05) is 5.39 Å². The van der Waals surface area contributed by atoms with Crippen LogP contribution in [0, 0.1) is 0 Å². The lowest BCUT2D eigenvalue weighted by atomic mass is 10.2. The van der Waals surface area contributed by atoms with Gasteiger partial charge in [0.2, 0.25) is 0 Å². The molecule has 0 fully saturated rings. The molecule has 0 saturated carbocycles. The summed E-state index contributed by atoms with van der Waals surface area (Å²) in [4.78, 5) is 22.5. The van der Waals surface area contributed by atoms with Gasteiger partial charge in [-0.1, -0.05) is 12.1 Å². The van der Waals surface area contributed by atoms with Gasteiger partial charge in [-0.05, 0) is 28.1 Å². The smallest absolute Gasteiger partial charge is 0.328 e. The normalized spacial score (nSPS) is 12.3. The highest BCUT2D eigenvalue weighted by Crippen LogP contribution is 2.26. The average Bonchev–Trinajstić information content (AvgIpc) is 2.80. The Balaban J connectivity index is 2.27. The molecule has 0 unspecified atom stereocenters. The van der Waals surface area contributed by atoms with E-state index in [2.05, 4.69) is 21.2 Å². The number of hydrogen-bond acceptors (Lipinski definition) is 4. The minimum atomic E-state index is -1.36. The van der Waals surface area contributed by atoms with Gasteiger partial charge in [-0.15, -0.1) is 0 Å². The number of carbonyl (C=O) groups is 2. The van der Waals surface area contributed by atoms with E-state index >= 15 is 0 Å². The lowest BCUT2D eigenvalue weighted by Gasteiger charge is -2.09. The third-order valence-corrected chi connectivity index (χ3v) is 3.13. The molecule has 0 bridgehead atoms. The summed E-state index contributed by atoms with van der Waals surface area (Å²) in [5, 5.41) is 20.5. The molecule has 7 heteroatoms. The van der Waals surface area contributed by atoms with Crippen LogP contribution in [-0.4, -0.2) is 34.7 Å². The zero-order chi connectivity index (χ0) is 14.0. The molecule has 1 heterocycles. The molecule has 19 heavy (non-hydrogen) atoms. The summed E-state index contributed by atoms with van der Waals surface area (Å²) in [6.07, 6.45) is 0. The van der Waals surface area contributed by atoms with Crippen LogP contribution in [0.25, 0.3) is 11.0 Å². The third kappa shape index (κ3) is 2.77. The van der Waals surface area contributed by atoms with Crippen LogP contribution in [-0.2, 0) is 4.79 Å². The van der Waals surface area contributed by atoms with Crippen LogP contribution < -0.4 is 5.32 Å². The van der Waals surface area contributed by atoms with Crippen molar-refractivity contribution in [1.29, 1.82) is 0 Å². The molecule has 6 nitrogen and oxygen atoms in total. The quantitative estimate of drug-likeness (QED) is 0.787. The van der Waals surface area contributed by atoms with Gasteiger partial charge in [0.1, 0.15) is 5.58 Å². The predicted octanol–water partition coefficient (Wildman–Crippen LogP) is 1.37. The summed E-state index contributed by atoms with van der Waals surface area (Å²) in [6, 6.07) is 5.47. The molecule has 0 aliphatic carbocycles. The number of aliphatic hydroxyl groups excluding tert-OH is 1. The first-order chi connectivity index (χ1) is 9.02. The second-order valence-corrected chi connectivity index (χ2v) is 4.67. The number of amides is 1. The molecule has 3 N–H and O–H groups in total. The summed E-state index contributed by atoms with van der Waals surface area (Å²) in [7, 11) is 0. The highest BCUT2D eigenvalue weighted by atomic mass is 79.9. The molecule has 0 aliphatic heterocycles. The van der Waals surface area contributed by atoms with Crippen molar-refractivity contribution in [3.8, 4) is 0 Å². The molecule has 100 valence electrons. The van der Waals surface area contributed by atoms with Gasteiger partial charge in [0.15, 0.2) is 11.8 Å². The molecule has 1 amide bonds. The predicted molar refractivity (Wildman–Crippen MR) is 69.9 cm³/mol. The van der Waals surface area contributed by atoms with Crippen molar-refractivity contribution < 1.29 is 24.2 Å². The number of carbonyl (C=O) groups excluding carboxylic acids is 1. The number of para-hydroxylation sites is 1. The van der Waals surface area contributed by atoms with Crippen LogP contribution in [0.4, 0.5) is 0 Å². The molecule has 0 saturated heterocycles. The maximum absolute atomic E-state index is 11.8. The molecule has 1 atom stereocenters. The Labute approximate surface area is 116 Å². The van der Waals surface area contributed by atoms with Gasteiger partial charge in [-0.2, -0.15) is 0 Å². The van der Waals surface area contributed by atoms with Crippen molar-refractivity contribution in [3.05, 3.63) is 34.5 Å². The van der Waals surface area contributed by atoms with E-state index in [0.717, 1.165) is 5.39 Å². The van der Waals surface area contributed by atoms with E-state index in [1.165, 1.54) is 6.07 Å². The number of aliphatic carboxylic acids is 1. The van der Waals surface area contributed by atoms with Gasteiger partial charge >= 0.3 is 5.97 Å². The summed E-state index contributed by atoms with van der Waals surface area (Å²) in [6.45, 7) is -0.689. The highest BCUT2D eigenvalue weighted by Gasteiger charge is 2.22. The Kier molecular flexibility index (Phi) is 3.87. The Morgan fingerprint density at radius 3 is 2.74 bits per heavy atom.